The summed E-state index contributed by atoms with van der Waals surface area (Å²) in [5.41, 5.74) is 0. The van der Waals surface area contributed by atoms with Crippen molar-refractivity contribution in [2.75, 3.05) is 7.11 Å². The maximum atomic E-state index is 5.51. The number of pyridine rings is 1. The van der Waals surface area contributed by atoms with Crippen molar-refractivity contribution < 1.29 is 9.47 Å². The summed E-state index contributed by atoms with van der Waals surface area (Å²) in [6, 6.07) is 3.68. The van der Waals surface area contributed by atoms with E-state index < -0.39 is 0 Å². The Morgan fingerprint density at radius 2 is 2.25 bits per heavy atom. The highest BCUT2D eigenvalue weighted by atomic mass is 16.5. The zero-order valence-corrected chi connectivity index (χ0v) is 6.99. The zero-order chi connectivity index (χ0) is 8.39. The molecule has 64 valence electrons. The van der Waals surface area contributed by atoms with E-state index in [2.05, 4.69) is 4.98 Å². The number of rotatable bonds is 3. The van der Waals surface area contributed by atoms with Crippen molar-refractivity contribution in [3.05, 3.63) is 18.3 Å². The van der Waals surface area contributed by atoms with Crippen molar-refractivity contribution in [1.82, 2.24) is 4.98 Å². The SMILES string of the molecule is COc1ccc(OC2CC2)cn1. The first-order valence-corrected chi connectivity index (χ1v) is 4.05. The average Bonchev–Trinajstić information content (AvgIpc) is 2.90. The molecule has 1 saturated carbocycles. The molecular weight excluding hydrogens is 154 g/mol. The normalized spacial score (nSPS) is 15.8. The van der Waals surface area contributed by atoms with Gasteiger partial charge in [-0.25, -0.2) is 4.98 Å². The van der Waals surface area contributed by atoms with Gasteiger partial charge in [-0.2, -0.15) is 0 Å². The number of hydrogen-bond acceptors (Lipinski definition) is 3. The third kappa shape index (κ3) is 1.67. The van der Waals surface area contributed by atoms with Crippen LogP contribution in [-0.4, -0.2) is 18.2 Å². The predicted octanol–water partition coefficient (Wildman–Crippen LogP) is 1.63. The Morgan fingerprint density at radius 1 is 1.42 bits per heavy atom. The van der Waals surface area contributed by atoms with E-state index in [0.29, 0.717) is 12.0 Å². The summed E-state index contributed by atoms with van der Waals surface area (Å²) in [6.45, 7) is 0. The standard InChI is InChI=1S/C9H11NO2/c1-11-9-5-4-8(6-10-9)12-7-2-3-7/h4-7H,2-3H2,1H3. The number of aromatic nitrogens is 1. The summed E-state index contributed by atoms with van der Waals surface area (Å²) in [5, 5.41) is 0. The third-order valence-corrected chi connectivity index (χ3v) is 1.75. The molecule has 3 nitrogen and oxygen atoms in total. The molecule has 0 aliphatic heterocycles. The van der Waals surface area contributed by atoms with Crippen LogP contribution < -0.4 is 9.47 Å². The summed E-state index contributed by atoms with van der Waals surface area (Å²) in [5.74, 6) is 1.46. The fourth-order valence-electron chi connectivity index (χ4n) is 0.936. The first-order valence-electron chi connectivity index (χ1n) is 4.05. The van der Waals surface area contributed by atoms with Crippen LogP contribution in [0.3, 0.4) is 0 Å². The van der Waals surface area contributed by atoms with Crippen LogP contribution in [0.4, 0.5) is 0 Å². The second kappa shape index (κ2) is 3.01. The van der Waals surface area contributed by atoms with Crippen molar-refractivity contribution in [3.63, 3.8) is 0 Å². The monoisotopic (exact) mass is 165 g/mol. The van der Waals surface area contributed by atoms with Crippen molar-refractivity contribution in [2.24, 2.45) is 0 Å². The Hall–Kier alpha value is -1.25. The lowest BCUT2D eigenvalue weighted by atomic mass is 10.4. The summed E-state index contributed by atoms with van der Waals surface area (Å²) in [4.78, 5) is 4.03. The van der Waals surface area contributed by atoms with Crippen LogP contribution in [0.2, 0.25) is 0 Å². The van der Waals surface area contributed by atoms with Gasteiger partial charge < -0.3 is 9.47 Å². The molecule has 1 aliphatic carbocycles. The number of hydrogen-bond donors (Lipinski definition) is 0. The Balaban J connectivity index is 2.02. The summed E-state index contributed by atoms with van der Waals surface area (Å²) in [7, 11) is 1.60. The summed E-state index contributed by atoms with van der Waals surface area (Å²) in [6.07, 6.45) is 4.47. The van der Waals surface area contributed by atoms with Gasteiger partial charge in [0.25, 0.3) is 0 Å². The van der Waals surface area contributed by atoms with Crippen molar-refractivity contribution in [3.8, 4) is 11.6 Å². The molecule has 0 N–H and O–H groups in total. The molecule has 0 saturated heterocycles. The van der Waals surface area contributed by atoms with Crippen LogP contribution in [-0.2, 0) is 0 Å². The minimum atomic E-state index is 0.431. The lowest BCUT2D eigenvalue weighted by molar-refractivity contribution is 0.300. The molecule has 2 rings (SSSR count). The van der Waals surface area contributed by atoms with Crippen LogP contribution in [0.1, 0.15) is 12.8 Å². The molecule has 0 unspecified atom stereocenters. The van der Waals surface area contributed by atoms with Crippen LogP contribution in [0.5, 0.6) is 11.6 Å². The van der Waals surface area contributed by atoms with Crippen LogP contribution >= 0.6 is 0 Å². The molecule has 3 heteroatoms. The number of nitrogens with zero attached hydrogens (tertiary/aromatic N) is 1. The van der Waals surface area contributed by atoms with Gasteiger partial charge in [0.05, 0.1) is 19.4 Å². The molecule has 0 aromatic carbocycles. The fraction of sp³-hybridized carbons (Fsp3) is 0.444. The second-order valence-electron chi connectivity index (χ2n) is 2.85. The van der Waals surface area contributed by atoms with Gasteiger partial charge in [-0.15, -0.1) is 0 Å². The van der Waals surface area contributed by atoms with Gasteiger partial charge in [0.15, 0.2) is 0 Å². The van der Waals surface area contributed by atoms with E-state index in [0.717, 1.165) is 5.75 Å². The van der Waals surface area contributed by atoms with E-state index >= 15 is 0 Å². The van der Waals surface area contributed by atoms with E-state index in [1.54, 1.807) is 19.4 Å². The Bertz CT molecular complexity index is 254. The average molecular weight is 165 g/mol. The fourth-order valence-corrected chi connectivity index (χ4v) is 0.936. The van der Waals surface area contributed by atoms with E-state index in [1.165, 1.54) is 12.8 Å². The highest BCUT2D eigenvalue weighted by molar-refractivity contribution is 5.23. The maximum absolute atomic E-state index is 5.51. The summed E-state index contributed by atoms with van der Waals surface area (Å²) < 4.78 is 10.4. The molecular formula is C9H11NO2. The van der Waals surface area contributed by atoms with E-state index in [4.69, 9.17) is 9.47 Å². The highest BCUT2D eigenvalue weighted by Gasteiger charge is 2.23. The molecule has 12 heavy (non-hydrogen) atoms. The molecule has 1 aliphatic rings. The van der Waals surface area contributed by atoms with Crippen molar-refractivity contribution >= 4 is 0 Å². The predicted molar refractivity (Wildman–Crippen MR) is 44.4 cm³/mol. The quantitative estimate of drug-likeness (QED) is 0.682. The minimum Gasteiger partial charge on any atom is -0.489 e. The van der Waals surface area contributed by atoms with Gasteiger partial charge in [0, 0.05) is 6.07 Å². The minimum absolute atomic E-state index is 0.431. The van der Waals surface area contributed by atoms with Crippen molar-refractivity contribution in [2.45, 2.75) is 18.9 Å². The largest absolute Gasteiger partial charge is 0.489 e. The molecule has 1 fully saturated rings. The van der Waals surface area contributed by atoms with Crippen LogP contribution in [0.15, 0.2) is 18.3 Å². The van der Waals surface area contributed by atoms with E-state index in [-0.39, 0.29) is 0 Å². The molecule has 0 spiro atoms. The Morgan fingerprint density at radius 3 is 2.75 bits per heavy atom. The van der Waals surface area contributed by atoms with Gasteiger partial charge in [-0.1, -0.05) is 0 Å². The molecule has 1 aromatic rings. The first kappa shape index (κ1) is 7.40. The van der Waals surface area contributed by atoms with Gasteiger partial charge in [-0.05, 0) is 18.9 Å². The Kier molecular flexibility index (Phi) is 1.86. The number of ether oxygens (including phenoxy) is 2. The molecule has 0 amide bonds. The zero-order valence-electron chi connectivity index (χ0n) is 6.99. The molecule has 0 atom stereocenters. The van der Waals surface area contributed by atoms with Gasteiger partial charge >= 0.3 is 0 Å². The summed E-state index contributed by atoms with van der Waals surface area (Å²) >= 11 is 0. The van der Waals surface area contributed by atoms with Gasteiger partial charge in [0.2, 0.25) is 5.88 Å². The molecule has 0 radical (unpaired) electrons. The topological polar surface area (TPSA) is 31.4 Å². The lowest BCUT2D eigenvalue weighted by Gasteiger charge is -2.03. The molecule has 1 aromatic heterocycles. The third-order valence-electron chi connectivity index (χ3n) is 1.75. The number of methoxy groups -OCH3 is 1. The smallest absolute Gasteiger partial charge is 0.213 e. The van der Waals surface area contributed by atoms with Crippen molar-refractivity contribution in [1.29, 1.82) is 0 Å². The molecule has 0 bridgehead atoms. The van der Waals surface area contributed by atoms with Crippen LogP contribution in [0, 0.1) is 0 Å². The molecule has 1 heterocycles. The van der Waals surface area contributed by atoms with Crippen LogP contribution in [0.25, 0.3) is 0 Å². The maximum Gasteiger partial charge on any atom is 0.213 e. The van der Waals surface area contributed by atoms with E-state index in [9.17, 15) is 0 Å². The first-order chi connectivity index (χ1) is 5.88. The second-order valence-corrected chi connectivity index (χ2v) is 2.85. The highest BCUT2D eigenvalue weighted by Crippen LogP contribution is 2.26. The van der Waals surface area contributed by atoms with E-state index in [1.807, 2.05) is 6.07 Å². The lowest BCUT2D eigenvalue weighted by Crippen LogP contribution is -1.96. The Labute approximate surface area is 71.3 Å². The van der Waals surface area contributed by atoms with Gasteiger partial charge in [-0.3, -0.25) is 0 Å². The van der Waals surface area contributed by atoms with Gasteiger partial charge in [0.1, 0.15) is 5.75 Å².